The molecule has 6 heteroatoms. The molecular weight excluding hydrogens is 367 g/mol. The topological polar surface area (TPSA) is 48.9 Å². The summed E-state index contributed by atoms with van der Waals surface area (Å²) >= 11 is 0. The Morgan fingerprint density at radius 1 is 1.24 bits per heavy atom. The molecule has 0 bridgehead atoms. The summed E-state index contributed by atoms with van der Waals surface area (Å²) in [5.74, 6) is 1.19. The number of hydrogen-bond donors (Lipinski definition) is 2. The van der Waals surface area contributed by atoms with Gasteiger partial charge in [0.25, 0.3) is 0 Å². The van der Waals surface area contributed by atoms with E-state index in [4.69, 9.17) is 4.74 Å². The third kappa shape index (κ3) is 6.08. The van der Waals surface area contributed by atoms with Gasteiger partial charge >= 0.3 is 0 Å². The van der Waals surface area contributed by atoms with Crippen molar-refractivity contribution in [3.05, 3.63) is 30.1 Å². The number of guanidine groups is 1. The Labute approximate surface area is 175 Å². The third-order valence-electron chi connectivity index (χ3n) is 6.06. The molecule has 2 aliphatic heterocycles. The fourth-order valence-electron chi connectivity index (χ4n) is 4.58. The summed E-state index contributed by atoms with van der Waals surface area (Å²) < 4.78 is 19.6. The van der Waals surface area contributed by atoms with Crippen LogP contribution in [-0.4, -0.2) is 51.4 Å². The van der Waals surface area contributed by atoms with E-state index in [0.717, 1.165) is 57.2 Å². The minimum absolute atomic E-state index is 0.146. The lowest BCUT2D eigenvalue weighted by atomic mass is 9.78. The molecule has 1 aromatic rings. The molecule has 3 rings (SSSR count). The first-order valence-electron chi connectivity index (χ1n) is 11.0. The zero-order chi connectivity index (χ0) is 20.9. The average Bonchev–Trinajstić information content (AvgIpc) is 2.71. The second-order valence-corrected chi connectivity index (χ2v) is 9.40. The monoisotopic (exact) mass is 404 g/mol. The molecule has 0 amide bonds. The van der Waals surface area contributed by atoms with Gasteiger partial charge in [-0.15, -0.1) is 0 Å². The van der Waals surface area contributed by atoms with Gasteiger partial charge in [-0.2, -0.15) is 0 Å². The maximum absolute atomic E-state index is 13.5. The number of ether oxygens (including phenoxy) is 1. The van der Waals surface area contributed by atoms with Crippen LogP contribution in [0.25, 0.3) is 0 Å². The molecule has 2 fully saturated rings. The normalized spacial score (nSPS) is 24.4. The van der Waals surface area contributed by atoms with E-state index >= 15 is 0 Å². The number of benzene rings is 1. The number of halogens is 1. The predicted molar refractivity (Wildman–Crippen MR) is 118 cm³/mol. The van der Waals surface area contributed by atoms with Crippen LogP contribution in [0.1, 0.15) is 46.5 Å². The van der Waals surface area contributed by atoms with Gasteiger partial charge in [-0.25, -0.2) is 4.39 Å². The summed E-state index contributed by atoms with van der Waals surface area (Å²) in [5, 5.41) is 7.11. The van der Waals surface area contributed by atoms with E-state index in [0.29, 0.717) is 12.0 Å². The van der Waals surface area contributed by atoms with Crippen molar-refractivity contribution in [2.24, 2.45) is 16.3 Å². The van der Waals surface area contributed by atoms with Gasteiger partial charge in [-0.1, -0.05) is 26.8 Å². The molecule has 0 radical (unpaired) electrons. The molecular formula is C23H37FN4O. The molecule has 0 spiro atoms. The van der Waals surface area contributed by atoms with Gasteiger partial charge in [-0.05, 0) is 49.3 Å². The molecule has 2 unspecified atom stereocenters. The Morgan fingerprint density at radius 3 is 2.66 bits per heavy atom. The first-order valence-corrected chi connectivity index (χ1v) is 11.0. The summed E-state index contributed by atoms with van der Waals surface area (Å²) in [6.07, 6.45) is 4.61. The lowest BCUT2D eigenvalue weighted by molar-refractivity contribution is -0.0835. The molecule has 2 aliphatic rings. The minimum atomic E-state index is -0.174. The molecule has 29 heavy (non-hydrogen) atoms. The maximum Gasteiger partial charge on any atom is 0.191 e. The molecule has 162 valence electrons. The average molecular weight is 405 g/mol. The first-order chi connectivity index (χ1) is 13.9. The van der Waals surface area contributed by atoms with E-state index in [1.807, 2.05) is 13.1 Å². The molecule has 2 heterocycles. The molecule has 0 aliphatic carbocycles. The number of nitrogens with one attached hydrogen (secondary N) is 2. The number of rotatable bonds is 4. The van der Waals surface area contributed by atoms with Crippen LogP contribution in [0.4, 0.5) is 10.1 Å². The largest absolute Gasteiger partial charge is 0.377 e. The number of anilines is 1. The maximum atomic E-state index is 13.5. The van der Waals surface area contributed by atoms with Gasteiger partial charge < -0.3 is 20.3 Å². The van der Waals surface area contributed by atoms with Crippen molar-refractivity contribution >= 4 is 11.6 Å². The smallest absolute Gasteiger partial charge is 0.191 e. The van der Waals surface area contributed by atoms with Gasteiger partial charge in [-0.3, -0.25) is 4.99 Å². The van der Waals surface area contributed by atoms with Crippen molar-refractivity contribution in [1.29, 1.82) is 0 Å². The second-order valence-electron chi connectivity index (χ2n) is 9.40. The Hall–Kier alpha value is -1.82. The van der Waals surface area contributed by atoms with Crippen molar-refractivity contribution in [3.63, 3.8) is 0 Å². The molecule has 2 saturated heterocycles. The fourth-order valence-corrected chi connectivity index (χ4v) is 4.58. The predicted octanol–water partition coefficient (Wildman–Crippen LogP) is 3.80. The minimum Gasteiger partial charge on any atom is -0.377 e. The van der Waals surface area contributed by atoms with Crippen LogP contribution in [0.2, 0.25) is 0 Å². The van der Waals surface area contributed by atoms with E-state index in [1.165, 1.54) is 12.5 Å². The van der Waals surface area contributed by atoms with Crippen LogP contribution < -0.4 is 15.5 Å². The third-order valence-corrected chi connectivity index (χ3v) is 6.06. The van der Waals surface area contributed by atoms with Gasteiger partial charge in [0.15, 0.2) is 5.96 Å². The van der Waals surface area contributed by atoms with Gasteiger partial charge in [0.1, 0.15) is 5.82 Å². The van der Waals surface area contributed by atoms with Crippen molar-refractivity contribution in [2.45, 2.75) is 58.6 Å². The van der Waals surface area contributed by atoms with E-state index in [-0.39, 0.29) is 17.3 Å². The van der Waals surface area contributed by atoms with E-state index in [2.05, 4.69) is 41.3 Å². The summed E-state index contributed by atoms with van der Waals surface area (Å²) in [4.78, 5) is 6.69. The van der Waals surface area contributed by atoms with Gasteiger partial charge in [0.2, 0.25) is 0 Å². The zero-order valence-corrected chi connectivity index (χ0v) is 18.4. The Bertz CT molecular complexity index is 680. The number of nitrogens with zero attached hydrogens (tertiary/aromatic N) is 2. The molecule has 5 nitrogen and oxygen atoms in total. The SMILES string of the molecule is CN=C(NCC1CCCOC1C(C)(C)C)NC1CCN(c2cccc(F)c2)CC1. The van der Waals surface area contributed by atoms with Gasteiger partial charge in [0, 0.05) is 50.9 Å². The molecule has 0 saturated carbocycles. The van der Waals surface area contributed by atoms with E-state index < -0.39 is 0 Å². The summed E-state index contributed by atoms with van der Waals surface area (Å²) in [6, 6.07) is 7.25. The van der Waals surface area contributed by atoms with Gasteiger partial charge in [0.05, 0.1) is 6.10 Å². The Balaban J connectivity index is 1.47. The summed E-state index contributed by atoms with van der Waals surface area (Å²) in [6.45, 7) is 10.4. The van der Waals surface area contributed by atoms with Crippen molar-refractivity contribution in [3.8, 4) is 0 Å². The van der Waals surface area contributed by atoms with Crippen molar-refractivity contribution in [1.82, 2.24) is 10.6 Å². The lowest BCUT2D eigenvalue weighted by Crippen LogP contribution is -2.51. The molecule has 1 aromatic carbocycles. The molecule has 2 atom stereocenters. The summed E-state index contributed by atoms with van der Waals surface area (Å²) in [5.41, 5.74) is 1.12. The van der Waals surface area contributed by atoms with Crippen LogP contribution >= 0.6 is 0 Å². The standard InChI is InChI=1S/C23H37FN4O/c1-23(2,3)21-17(7-6-14-29-21)16-26-22(25-4)27-19-10-12-28(13-11-19)20-9-5-8-18(24)15-20/h5,8-9,15,17,19,21H,6-7,10-14,16H2,1-4H3,(H2,25,26,27). The molecule has 2 N–H and O–H groups in total. The highest BCUT2D eigenvalue weighted by Crippen LogP contribution is 2.33. The van der Waals surface area contributed by atoms with E-state index in [9.17, 15) is 4.39 Å². The molecule has 0 aromatic heterocycles. The number of aliphatic imine (C=N–C) groups is 1. The van der Waals surface area contributed by atoms with Crippen LogP contribution in [0.15, 0.2) is 29.3 Å². The van der Waals surface area contributed by atoms with Crippen LogP contribution in [0, 0.1) is 17.2 Å². The highest BCUT2D eigenvalue weighted by Gasteiger charge is 2.35. The second kappa shape index (κ2) is 9.79. The number of piperidine rings is 1. The van der Waals surface area contributed by atoms with Crippen LogP contribution in [-0.2, 0) is 4.74 Å². The number of hydrogen-bond acceptors (Lipinski definition) is 3. The van der Waals surface area contributed by atoms with E-state index in [1.54, 1.807) is 12.1 Å². The van der Waals surface area contributed by atoms with Crippen molar-refractivity contribution in [2.75, 3.05) is 38.2 Å². The summed E-state index contributed by atoms with van der Waals surface area (Å²) in [7, 11) is 1.83. The first kappa shape index (κ1) is 21.9. The highest BCUT2D eigenvalue weighted by molar-refractivity contribution is 5.80. The fraction of sp³-hybridized carbons (Fsp3) is 0.696. The quantitative estimate of drug-likeness (QED) is 0.592. The van der Waals surface area contributed by atoms with Crippen molar-refractivity contribution < 1.29 is 9.13 Å². The Kier molecular flexibility index (Phi) is 7.38. The Morgan fingerprint density at radius 2 is 2.00 bits per heavy atom. The van der Waals surface area contributed by atoms with Crippen LogP contribution in [0.5, 0.6) is 0 Å². The van der Waals surface area contributed by atoms with Crippen LogP contribution in [0.3, 0.4) is 0 Å². The highest BCUT2D eigenvalue weighted by atomic mass is 19.1. The lowest BCUT2D eigenvalue weighted by Gasteiger charge is -2.40. The zero-order valence-electron chi connectivity index (χ0n) is 18.4.